The minimum Gasteiger partial charge on any atom is -0.353 e. The molecule has 2 aliphatic rings. The zero-order chi connectivity index (χ0) is 14.7. The molecule has 1 aromatic rings. The maximum atomic E-state index is 13.8. The first kappa shape index (κ1) is 14.5. The van der Waals surface area contributed by atoms with Crippen LogP contribution in [0.3, 0.4) is 0 Å². The first-order valence-corrected chi connectivity index (χ1v) is 7.99. The van der Waals surface area contributed by atoms with E-state index in [1.54, 1.807) is 6.07 Å². The molecule has 1 saturated carbocycles. The average Bonchev–Trinajstić information content (AvgIpc) is 3.03. The second kappa shape index (κ2) is 6.56. The lowest BCUT2D eigenvalue weighted by Crippen LogP contribution is -2.41. The van der Waals surface area contributed by atoms with Crippen LogP contribution in [0, 0.1) is 11.7 Å². The van der Waals surface area contributed by atoms with Crippen LogP contribution >= 0.6 is 0 Å². The predicted octanol–water partition coefficient (Wildman–Crippen LogP) is 2.58. The van der Waals surface area contributed by atoms with Gasteiger partial charge in [0.2, 0.25) is 5.91 Å². The van der Waals surface area contributed by atoms with Gasteiger partial charge in [0.1, 0.15) is 5.82 Å². The molecule has 0 aromatic heterocycles. The summed E-state index contributed by atoms with van der Waals surface area (Å²) in [6.07, 6.45) is 4.75. The van der Waals surface area contributed by atoms with Crippen molar-refractivity contribution >= 4 is 5.91 Å². The third kappa shape index (κ3) is 3.43. The molecule has 0 radical (unpaired) electrons. The minimum atomic E-state index is -0.0954. The topological polar surface area (TPSA) is 41.1 Å². The molecule has 0 spiro atoms. The number of hydrogen-bond donors (Lipinski definition) is 2. The van der Waals surface area contributed by atoms with Gasteiger partial charge in [0.25, 0.3) is 0 Å². The number of nitrogens with one attached hydrogen (secondary N) is 2. The second-order valence-electron chi connectivity index (χ2n) is 6.27. The SMILES string of the molecule is O=C(NC1CCC(c2ccccc2F)CC1)[C@@H]1CCNC1. The van der Waals surface area contributed by atoms with Crippen LogP contribution in [0.25, 0.3) is 0 Å². The number of rotatable bonds is 3. The molecule has 1 aliphatic heterocycles. The van der Waals surface area contributed by atoms with E-state index in [0.29, 0.717) is 5.92 Å². The molecule has 2 N–H and O–H groups in total. The van der Waals surface area contributed by atoms with Gasteiger partial charge in [-0.05, 0) is 56.2 Å². The van der Waals surface area contributed by atoms with E-state index in [0.717, 1.165) is 50.8 Å². The smallest absolute Gasteiger partial charge is 0.224 e. The predicted molar refractivity (Wildman–Crippen MR) is 80.5 cm³/mol. The lowest BCUT2D eigenvalue weighted by molar-refractivity contribution is -0.125. The van der Waals surface area contributed by atoms with E-state index in [-0.39, 0.29) is 23.7 Å². The monoisotopic (exact) mass is 290 g/mol. The van der Waals surface area contributed by atoms with Crippen LogP contribution in [0.5, 0.6) is 0 Å². The summed E-state index contributed by atoms with van der Waals surface area (Å²) in [5.74, 6) is 0.526. The maximum absolute atomic E-state index is 13.8. The van der Waals surface area contributed by atoms with Gasteiger partial charge in [0, 0.05) is 12.6 Å². The molecule has 1 aliphatic carbocycles. The second-order valence-corrected chi connectivity index (χ2v) is 6.27. The molecule has 0 unspecified atom stereocenters. The van der Waals surface area contributed by atoms with Crippen molar-refractivity contribution in [3.63, 3.8) is 0 Å². The molecule has 0 bridgehead atoms. The zero-order valence-electron chi connectivity index (χ0n) is 12.3. The minimum absolute atomic E-state index is 0.0954. The van der Waals surface area contributed by atoms with Crippen molar-refractivity contribution in [1.29, 1.82) is 0 Å². The van der Waals surface area contributed by atoms with Crippen LogP contribution in [-0.4, -0.2) is 25.0 Å². The summed E-state index contributed by atoms with van der Waals surface area (Å²) < 4.78 is 13.8. The molecule has 3 rings (SSSR count). The highest BCUT2D eigenvalue weighted by Gasteiger charge is 2.28. The summed E-state index contributed by atoms with van der Waals surface area (Å²) >= 11 is 0. The van der Waals surface area contributed by atoms with Crippen molar-refractivity contribution < 1.29 is 9.18 Å². The van der Waals surface area contributed by atoms with Gasteiger partial charge in [-0.15, -0.1) is 0 Å². The van der Waals surface area contributed by atoms with Gasteiger partial charge in [0.05, 0.1) is 5.92 Å². The van der Waals surface area contributed by atoms with Crippen molar-refractivity contribution in [2.45, 2.75) is 44.1 Å². The van der Waals surface area contributed by atoms with E-state index in [1.165, 1.54) is 6.07 Å². The fraction of sp³-hybridized carbons (Fsp3) is 0.588. The summed E-state index contributed by atoms with van der Waals surface area (Å²) in [5.41, 5.74) is 0.835. The average molecular weight is 290 g/mol. The van der Waals surface area contributed by atoms with E-state index in [9.17, 15) is 9.18 Å². The molecule has 1 heterocycles. The molecular formula is C17H23FN2O. The summed E-state index contributed by atoms with van der Waals surface area (Å²) in [6, 6.07) is 7.33. The van der Waals surface area contributed by atoms with Gasteiger partial charge in [-0.3, -0.25) is 4.79 Å². The standard InChI is InChI=1S/C17H23FN2O/c18-16-4-2-1-3-15(16)12-5-7-14(8-6-12)20-17(21)13-9-10-19-11-13/h1-4,12-14,19H,5-11H2,(H,20,21)/t12?,13-,14?/m1/s1. The first-order chi connectivity index (χ1) is 10.2. The fourth-order valence-corrected chi connectivity index (χ4v) is 3.55. The van der Waals surface area contributed by atoms with E-state index >= 15 is 0 Å². The Labute approximate surface area is 125 Å². The number of hydrogen-bond acceptors (Lipinski definition) is 2. The largest absolute Gasteiger partial charge is 0.353 e. The molecule has 2 fully saturated rings. The van der Waals surface area contributed by atoms with Crippen molar-refractivity contribution in [2.75, 3.05) is 13.1 Å². The molecule has 1 saturated heterocycles. The van der Waals surface area contributed by atoms with Crippen LogP contribution in [0.1, 0.15) is 43.6 Å². The van der Waals surface area contributed by atoms with Gasteiger partial charge in [-0.2, -0.15) is 0 Å². The third-order valence-corrected chi connectivity index (χ3v) is 4.85. The Morgan fingerprint density at radius 2 is 1.90 bits per heavy atom. The van der Waals surface area contributed by atoms with Crippen molar-refractivity contribution in [3.8, 4) is 0 Å². The highest BCUT2D eigenvalue weighted by molar-refractivity contribution is 5.79. The lowest BCUT2D eigenvalue weighted by Gasteiger charge is -2.30. The molecule has 1 aromatic carbocycles. The summed E-state index contributed by atoms with van der Waals surface area (Å²) in [5, 5.41) is 6.40. The molecule has 114 valence electrons. The van der Waals surface area contributed by atoms with E-state index < -0.39 is 0 Å². The first-order valence-electron chi connectivity index (χ1n) is 7.99. The summed E-state index contributed by atoms with van der Waals surface area (Å²) in [6.45, 7) is 1.74. The molecule has 1 atom stereocenters. The van der Waals surface area contributed by atoms with E-state index in [4.69, 9.17) is 0 Å². The van der Waals surface area contributed by atoms with Gasteiger partial charge >= 0.3 is 0 Å². The number of halogens is 1. The van der Waals surface area contributed by atoms with Crippen LogP contribution < -0.4 is 10.6 Å². The Morgan fingerprint density at radius 3 is 2.57 bits per heavy atom. The summed E-state index contributed by atoms with van der Waals surface area (Å²) in [4.78, 5) is 12.1. The highest BCUT2D eigenvalue weighted by atomic mass is 19.1. The Bertz CT molecular complexity index is 491. The van der Waals surface area contributed by atoms with Crippen LogP contribution in [0.4, 0.5) is 4.39 Å². The normalized spacial score (nSPS) is 29.3. The highest BCUT2D eigenvalue weighted by Crippen LogP contribution is 2.34. The number of carbonyl (C=O) groups is 1. The molecule has 21 heavy (non-hydrogen) atoms. The Balaban J connectivity index is 1.51. The zero-order valence-corrected chi connectivity index (χ0v) is 12.3. The Kier molecular flexibility index (Phi) is 4.54. The van der Waals surface area contributed by atoms with Gasteiger partial charge in [-0.25, -0.2) is 4.39 Å². The maximum Gasteiger partial charge on any atom is 0.224 e. The van der Waals surface area contributed by atoms with Gasteiger partial charge in [-0.1, -0.05) is 18.2 Å². The van der Waals surface area contributed by atoms with Crippen LogP contribution in [-0.2, 0) is 4.79 Å². The summed E-state index contributed by atoms with van der Waals surface area (Å²) in [7, 11) is 0. The Morgan fingerprint density at radius 1 is 1.14 bits per heavy atom. The number of amides is 1. The molecule has 4 heteroatoms. The van der Waals surface area contributed by atoms with Crippen molar-refractivity contribution in [3.05, 3.63) is 35.6 Å². The van der Waals surface area contributed by atoms with Gasteiger partial charge in [0.15, 0.2) is 0 Å². The fourth-order valence-electron chi connectivity index (χ4n) is 3.55. The number of benzene rings is 1. The Hall–Kier alpha value is -1.42. The lowest BCUT2D eigenvalue weighted by atomic mass is 9.81. The number of carbonyl (C=O) groups excluding carboxylic acids is 1. The van der Waals surface area contributed by atoms with Crippen LogP contribution in [0.15, 0.2) is 24.3 Å². The van der Waals surface area contributed by atoms with Crippen LogP contribution in [0.2, 0.25) is 0 Å². The van der Waals surface area contributed by atoms with E-state index in [2.05, 4.69) is 10.6 Å². The molecule has 3 nitrogen and oxygen atoms in total. The van der Waals surface area contributed by atoms with Gasteiger partial charge < -0.3 is 10.6 Å². The van der Waals surface area contributed by atoms with Crippen molar-refractivity contribution in [2.24, 2.45) is 5.92 Å². The van der Waals surface area contributed by atoms with Crippen molar-refractivity contribution in [1.82, 2.24) is 10.6 Å². The van der Waals surface area contributed by atoms with E-state index in [1.807, 2.05) is 12.1 Å². The molecular weight excluding hydrogens is 267 g/mol. The third-order valence-electron chi connectivity index (χ3n) is 4.85. The quantitative estimate of drug-likeness (QED) is 0.898. The molecule has 1 amide bonds.